The maximum absolute atomic E-state index is 12.6. The maximum Gasteiger partial charge on any atom is 0.251 e. The number of aryl methyl sites for hydroxylation is 2. The average molecular weight is 357 g/mol. The molecule has 0 spiro atoms. The zero-order valence-electron chi connectivity index (χ0n) is 14.8. The molecule has 1 atom stereocenters. The van der Waals surface area contributed by atoms with Crippen LogP contribution in [-0.4, -0.2) is 28.2 Å². The average Bonchev–Trinajstić information content (AvgIpc) is 3.12. The van der Waals surface area contributed by atoms with Crippen LogP contribution in [-0.2, 0) is 11.3 Å². The van der Waals surface area contributed by atoms with Gasteiger partial charge in [-0.25, -0.2) is 4.98 Å². The van der Waals surface area contributed by atoms with Crippen molar-refractivity contribution < 1.29 is 9.59 Å². The Labute approximate surface area is 152 Å². The van der Waals surface area contributed by atoms with E-state index in [0.29, 0.717) is 18.5 Å². The summed E-state index contributed by atoms with van der Waals surface area (Å²) in [4.78, 5) is 31.7. The van der Waals surface area contributed by atoms with Crippen LogP contribution in [0.3, 0.4) is 0 Å². The number of carbonyl (C=O) groups is 2. The Bertz CT molecular complexity index is 800. The lowest BCUT2D eigenvalue weighted by Crippen LogP contribution is -2.27. The van der Waals surface area contributed by atoms with Gasteiger partial charge in [-0.1, -0.05) is 12.1 Å². The molecule has 0 bridgehead atoms. The van der Waals surface area contributed by atoms with Gasteiger partial charge in [-0.2, -0.15) is 0 Å². The monoisotopic (exact) mass is 357 g/mol. The van der Waals surface area contributed by atoms with Crippen LogP contribution in [0.15, 0.2) is 24.3 Å². The Kier molecular flexibility index (Phi) is 5.18. The minimum Gasteiger partial charge on any atom is -0.345 e. The number of benzene rings is 1. The van der Waals surface area contributed by atoms with Crippen molar-refractivity contribution in [2.45, 2.75) is 46.2 Å². The summed E-state index contributed by atoms with van der Waals surface area (Å²) in [5.41, 5.74) is 2.58. The lowest BCUT2D eigenvalue weighted by molar-refractivity contribution is -0.128. The summed E-state index contributed by atoms with van der Waals surface area (Å²) in [7, 11) is 0. The van der Waals surface area contributed by atoms with Crippen LogP contribution >= 0.6 is 11.3 Å². The van der Waals surface area contributed by atoms with E-state index >= 15 is 0 Å². The van der Waals surface area contributed by atoms with Crippen LogP contribution in [0.2, 0.25) is 0 Å². The number of thiazole rings is 1. The highest BCUT2D eigenvalue weighted by Crippen LogP contribution is 2.24. The topological polar surface area (TPSA) is 62.3 Å². The molecule has 132 valence electrons. The number of amides is 2. The van der Waals surface area contributed by atoms with E-state index in [1.807, 2.05) is 49.9 Å². The first kappa shape index (κ1) is 17.6. The summed E-state index contributed by atoms with van der Waals surface area (Å²) in [6.07, 6.45) is 1.55. The summed E-state index contributed by atoms with van der Waals surface area (Å²) in [5, 5.41) is 4.05. The van der Waals surface area contributed by atoms with Crippen molar-refractivity contribution in [2.24, 2.45) is 0 Å². The largest absolute Gasteiger partial charge is 0.345 e. The molecule has 1 aromatic heterocycles. The predicted octanol–water partition coefficient (Wildman–Crippen LogP) is 3.37. The molecule has 5 nitrogen and oxygen atoms in total. The van der Waals surface area contributed by atoms with Crippen LogP contribution in [0.1, 0.15) is 57.3 Å². The van der Waals surface area contributed by atoms with Gasteiger partial charge in [0.1, 0.15) is 0 Å². The first-order valence-electron chi connectivity index (χ1n) is 8.55. The Morgan fingerprint density at radius 2 is 2.20 bits per heavy atom. The summed E-state index contributed by atoms with van der Waals surface area (Å²) in [6, 6.07) is 7.43. The second kappa shape index (κ2) is 7.35. The number of hydrogen-bond donors (Lipinski definition) is 1. The fourth-order valence-corrected chi connectivity index (χ4v) is 4.13. The van der Waals surface area contributed by atoms with Gasteiger partial charge in [0.15, 0.2) is 0 Å². The molecule has 2 heterocycles. The van der Waals surface area contributed by atoms with E-state index < -0.39 is 0 Å². The lowest BCUT2D eigenvalue weighted by Gasteiger charge is -2.17. The van der Waals surface area contributed by atoms with E-state index in [9.17, 15) is 9.59 Å². The molecule has 1 aliphatic rings. The third-order valence-corrected chi connectivity index (χ3v) is 5.67. The van der Waals surface area contributed by atoms with Gasteiger partial charge in [0.05, 0.1) is 16.7 Å². The molecule has 1 aromatic carbocycles. The molecule has 25 heavy (non-hydrogen) atoms. The summed E-state index contributed by atoms with van der Waals surface area (Å²) >= 11 is 1.61. The highest BCUT2D eigenvalue weighted by molar-refractivity contribution is 7.11. The van der Waals surface area contributed by atoms with Crippen molar-refractivity contribution in [3.63, 3.8) is 0 Å². The van der Waals surface area contributed by atoms with Gasteiger partial charge >= 0.3 is 0 Å². The van der Waals surface area contributed by atoms with E-state index in [1.165, 1.54) is 0 Å². The Morgan fingerprint density at radius 1 is 1.40 bits per heavy atom. The standard InChI is InChI=1S/C19H23N3O2S/c1-12-18(25-14(3)20-12)13(2)21-19(24)16-7-4-6-15(10-16)11-22-9-5-8-17(22)23/h4,6-7,10,13H,5,8-9,11H2,1-3H3,(H,21,24). The molecule has 2 amide bonds. The second-order valence-corrected chi connectivity index (χ2v) is 7.73. The molecule has 2 aromatic rings. The first-order chi connectivity index (χ1) is 11.9. The number of likely N-dealkylation sites (tertiary alicyclic amines) is 1. The smallest absolute Gasteiger partial charge is 0.251 e. The zero-order chi connectivity index (χ0) is 18.0. The van der Waals surface area contributed by atoms with Crippen LogP contribution < -0.4 is 5.32 Å². The minimum absolute atomic E-state index is 0.0810. The number of carbonyl (C=O) groups excluding carboxylic acids is 2. The van der Waals surface area contributed by atoms with Gasteiger partial charge in [-0.05, 0) is 44.9 Å². The fourth-order valence-electron chi connectivity index (χ4n) is 3.20. The predicted molar refractivity (Wildman–Crippen MR) is 98.6 cm³/mol. The molecule has 3 rings (SSSR count). The van der Waals surface area contributed by atoms with Crippen LogP contribution in [0.4, 0.5) is 0 Å². The SMILES string of the molecule is Cc1nc(C)c(C(C)NC(=O)c2cccc(CN3CCCC3=O)c2)s1. The third-order valence-electron chi connectivity index (χ3n) is 4.41. The Hall–Kier alpha value is -2.21. The number of rotatable bonds is 5. The van der Waals surface area contributed by atoms with Gasteiger partial charge in [-0.15, -0.1) is 11.3 Å². The number of nitrogens with one attached hydrogen (secondary N) is 1. The van der Waals surface area contributed by atoms with Crippen LogP contribution in [0.25, 0.3) is 0 Å². The molecular formula is C19H23N3O2S. The van der Waals surface area contributed by atoms with Crippen molar-refractivity contribution in [1.82, 2.24) is 15.2 Å². The normalized spacial score (nSPS) is 15.5. The number of aromatic nitrogens is 1. The van der Waals surface area contributed by atoms with Crippen molar-refractivity contribution in [3.05, 3.63) is 51.0 Å². The molecule has 0 aliphatic carbocycles. The maximum atomic E-state index is 12.6. The van der Waals surface area contributed by atoms with Crippen LogP contribution in [0.5, 0.6) is 0 Å². The molecule has 6 heteroatoms. The molecule has 1 aliphatic heterocycles. The van der Waals surface area contributed by atoms with E-state index in [0.717, 1.165) is 34.1 Å². The number of nitrogens with zero attached hydrogens (tertiary/aromatic N) is 2. The summed E-state index contributed by atoms with van der Waals surface area (Å²) in [6.45, 7) is 7.29. The quantitative estimate of drug-likeness (QED) is 0.892. The lowest BCUT2D eigenvalue weighted by atomic mass is 10.1. The fraction of sp³-hybridized carbons (Fsp3) is 0.421. The number of hydrogen-bond acceptors (Lipinski definition) is 4. The third kappa shape index (κ3) is 4.07. The second-order valence-electron chi connectivity index (χ2n) is 6.50. The van der Waals surface area contributed by atoms with Crippen molar-refractivity contribution in [3.8, 4) is 0 Å². The van der Waals surface area contributed by atoms with Crippen molar-refractivity contribution in [1.29, 1.82) is 0 Å². The van der Waals surface area contributed by atoms with Gasteiger partial charge in [-0.3, -0.25) is 9.59 Å². The first-order valence-corrected chi connectivity index (χ1v) is 9.37. The molecule has 1 N–H and O–H groups in total. The molecule has 0 radical (unpaired) electrons. The highest BCUT2D eigenvalue weighted by atomic mass is 32.1. The van der Waals surface area contributed by atoms with Crippen molar-refractivity contribution >= 4 is 23.2 Å². The molecule has 1 fully saturated rings. The summed E-state index contributed by atoms with van der Waals surface area (Å²) < 4.78 is 0. The molecule has 1 unspecified atom stereocenters. The Morgan fingerprint density at radius 3 is 2.84 bits per heavy atom. The summed E-state index contributed by atoms with van der Waals surface area (Å²) in [5.74, 6) is 0.0899. The van der Waals surface area contributed by atoms with Gasteiger partial charge in [0, 0.05) is 30.0 Å². The van der Waals surface area contributed by atoms with Gasteiger partial charge in [0.2, 0.25) is 5.91 Å². The van der Waals surface area contributed by atoms with E-state index in [2.05, 4.69) is 10.3 Å². The molecule has 1 saturated heterocycles. The van der Waals surface area contributed by atoms with E-state index in [1.54, 1.807) is 11.3 Å². The van der Waals surface area contributed by atoms with Crippen molar-refractivity contribution in [2.75, 3.05) is 6.54 Å². The van der Waals surface area contributed by atoms with Gasteiger partial charge < -0.3 is 10.2 Å². The zero-order valence-corrected chi connectivity index (χ0v) is 15.7. The Balaban J connectivity index is 1.68. The van der Waals surface area contributed by atoms with Crippen LogP contribution in [0, 0.1) is 13.8 Å². The minimum atomic E-state index is -0.104. The van der Waals surface area contributed by atoms with E-state index in [-0.39, 0.29) is 17.9 Å². The van der Waals surface area contributed by atoms with Gasteiger partial charge in [0.25, 0.3) is 5.91 Å². The highest BCUT2D eigenvalue weighted by Gasteiger charge is 2.21. The molecule has 0 saturated carbocycles. The van der Waals surface area contributed by atoms with E-state index in [4.69, 9.17) is 0 Å². The molecular weight excluding hydrogens is 334 g/mol.